The predicted octanol–water partition coefficient (Wildman–Crippen LogP) is 4.26. The van der Waals surface area contributed by atoms with Gasteiger partial charge in [0, 0.05) is 35.8 Å². The van der Waals surface area contributed by atoms with Gasteiger partial charge in [0.25, 0.3) is 5.91 Å². The smallest absolute Gasteiger partial charge is 0.255 e. The van der Waals surface area contributed by atoms with Gasteiger partial charge in [-0.25, -0.2) is 4.39 Å². The molecule has 0 aliphatic rings. The Morgan fingerprint density at radius 3 is 2.32 bits per heavy atom. The zero-order valence-electron chi connectivity index (χ0n) is 14.9. The number of rotatable bonds is 6. The topological polar surface area (TPSA) is 85.1 Å². The summed E-state index contributed by atoms with van der Waals surface area (Å²) in [4.78, 5) is 28.3. The van der Waals surface area contributed by atoms with Crippen LogP contribution in [0.4, 0.5) is 10.1 Å². The molecule has 3 aromatic rings. The van der Waals surface area contributed by atoms with E-state index in [2.05, 4.69) is 10.3 Å². The van der Waals surface area contributed by atoms with E-state index in [1.807, 2.05) is 6.07 Å². The number of nitrogens with one attached hydrogen (secondary N) is 1. The average molecular weight is 395 g/mol. The third kappa shape index (κ3) is 4.62. The third-order valence-corrected chi connectivity index (χ3v) is 4.75. The van der Waals surface area contributed by atoms with Gasteiger partial charge >= 0.3 is 0 Å². The Morgan fingerprint density at radius 2 is 1.68 bits per heavy atom. The molecule has 28 heavy (non-hydrogen) atoms. The van der Waals surface area contributed by atoms with Crippen LogP contribution in [0.2, 0.25) is 0 Å². The number of halogens is 1. The molecule has 3 rings (SSSR count). The summed E-state index contributed by atoms with van der Waals surface area (Å²) >= 11 is 0.618. The number of thioether (sulfide) groups is 1. The Morgan fingerprint density at radius 1 is 1.00 bits per heavy atom. The Labute approximate surface area is 166 Å². The van der Waals surface area contributed by atoms with Crippen molar-refractivity contribution in [3.63, 3.8) is 0 Å². The van der Waals surface area contributed by atoms with E-state index in [-0.39, 0.29) is 11.0 Å². The first-order valence-corrected chi connectivity index (χ1v) is 9.49. The van der Waals surface area contributed by atoms with Gasteiger partial charge in [-0.1, -0.05) is 18.2 Å². The van der Waals surface area contributed by atoms with Gasteiger partial charge in [0.1, 0.15) is 6.01 Å². The quantitative estimate of drug-likeness (QED) is 0.651. The van der Waals surface area contributed by atoms with Crippen LogP contribution in [0, 0.1) is 0 Å². The van der Waals surface area contributed by atoms with Gasteiger partial charge in [-0.2, -0.15) is 0 Å². The highest BCUT2D eigenvalue weighted by Crippen LogP contribution is 2.27. The number of aromatic nitrogens is 1. The molecule has 1 aromatic heterocycles. The highest BCUT2D eigenvalue weighted by atomic mass is 32.2. The van der Waals surface area contributed by atoms with Crippen LogP contribution in [-0.2, 0) is 6.54 Å². The van der Waals surface area contributed by atoms with E-state index < -0.39 is 6.01 Å². The molecule has 1 heterocycles. The molecule has 0 saturated heterocycles. The van der Waals surface area contributed by atoms with Crippen LogP contribution in [0.15, 0.2) is 67.0 Å². The van der Waals surface area contributed by atoms with Crippen LogP contribution in [0.5, 0.6) is 0 Å². The molecule has 0 aliphatic carbocycles. The minimum atomic E-state index is -0.757. The van der Waals surface area contributed by atoms with Crippen LogP contribution in [0.3, 0.4) is 0 Å². The summed E-state index contributed by atoms with van der Waals surface area (Å²) in [6.07, 6.45) is 3.20. The molecule has 1 amide bonds. The van der Waals surface area contributed by atoms with Gasteiger partial charge in [0.2, 0.25) is 5.12 Å². The fourth-order valence-electron chi connectivity index (χ4n) is 2.72. The minimum absolute atomic E-state index is 0.248. The number of alkyl halides is 1. The molecule has 0 bridgehead atoms. The third-order valence-electron chi connectivity index (χ3n) is 4.15. The number of hydrogen-bond donors (Lipinski definition) is 2. The van der Waals surface area contributed by atoms with Gasteiger partial charge in [0.15, 0.2) is 0 Å². The van der Waals surface area contributed by atoms with Crippen molar-refractivity contribution in [1.82, 2.24) is 4.98 Å². The molecule has 0 aliphatic heterocycles. The molecule has 142 valence electrons. The van der Waals surface area contributed by atoms with Crippen molar-refractivity contribution in [2.45, 2.75) is 6.54 Å². The van der Waals surface area contributed by atoms with Crippen LogP contribution >= 0.6 is 11.8 Å². The number of hydrogen-bond acceptors (Lipinski definition) is 5. The summed E-state index contributed by atoms with van der Waals surface area (Å²) in [6.45, 7) is 0.306. The molecule has 0 spiro atoms. The average Bonchev–Trinajstić information content (AvgIpc) is 2.74. The number of pyridine rings is 1. The summed E-state index contributed by atoms with van der Waals surface area (Å²) in [5, 5.41) is 2.50. The predicted molar refractivity (Wildman–Crippen MR) is 110 cm³/mol. The van der Waals surface area contributed by atoms with E-state index >= 15 is 0 Å². The van der Waals surface area contributed by atoms with Crippen LogP contribution in [-0.4, -0.2) is 22.0 Å². The number of carbonyl (C=O) groups excluding carboxylic acids is 2. The van der Waals surface area contributed by atoms with E-state index in [0.717, 1.165) is 16.7 Å². The Kier molecular flexibility index (Phi) is 6.52. The lowest BCUT2D eigenvalue weighted by atomic mass is 9.96. The largest absolute Gasteiger partial charge is 0.326 e. The minimum Gasteiger partial charge on any atom is -0.326 e. The monoisotopic (exact) mass is 395 g/mol. The molecule has 0 radical (unpaired) electrons. The lowest BCUT2D eigenvalue weighted by Gasteiger charge is -2.12. The lowest BCUT2D eigenvalue weighted by Crippen LogP contribution is -2.12. The molecule has 3 N–H and O–H groups in total. The maximum atomic E-state index is 12.6. The van der Waals surface area contributed by atoms with Gasteiger partial charge in [-0.3, -0.25) is 14.6 Å². The van der Waals surface area contributed by atoms with E-state index in [1.165, 1.54) is 0 Å². The van der Waals surface area contributed by atoms with Crippen LogP contribution in [0.25, 0.3) is 11.1 Å². The van der Waals surface area contributed by atoms with E-state index in [4.69, 9.17) is 5.73 Å². The standard InChI is InChI=1S/C21H18FN3O2S/c22-13-28-21(27)15-3-1-14(2-4-15)19-11-16(5-6-17(19)12-23)20(26)25-18-7-9-24-10-8-18/h1-11H,12-13,23H2,(H,24,25,26). The van der Waals surface area contributed by atoms with Crippen molar-refractivity contribution in [1.29, 1.82) is 0 Å². The van der Waals surface area contributed by atoms with Crippen molar-refractivity contribution in [3.05, 3.63) is 83.7 Å². The summed E-state index contributed by atoms with van der Waals surface area (Å²) in [5.74, 6) is -0.248. The molecule has 0 fully saturated rings. The van der Waals surface area contributed by atoms with Gasteiger partial charge < -0.3 is 11.1 Å². The van der Waals surface area contributed by atoms with E-state index in [9.17, 15) is 14.0 Å². The fraction of sp³-hybridized carbons (Fsp3) is 0.0952. The number of nitrogens with zero attached hydrogens (tertiary/aromatic N) is 1. The second-order valence-electron chi connectivity index (χ2n) is 5.88. The van der Waals surface area contributed by atoms with Crippen molar-refractivity contribution < 1.29 is 14.0 Å². The summed E-state index contributed by atoms with van der Waals surface area (Å²) in [5.41, 5.74) is 9.91. The number of nitrogens with two attached hydrogens (primary N) is 1. The molecule has 0 atom stereocenters. The molecule has 2 aromatic carbocycles. The maximum Gasteiger partial charge on any atom is 0.255 e. The van der Waals surface area contributed by atoms with Gasteiger partial charge in [-0.15, -0.1) is 0 Å². The molecule has 5 nitrogen and oxygen atoms in total. The number of benzene rings is 2. The second-order valence-corrected chi connectivity index (χ2v) is 6.76. The summed E-state index contributed by atoms with van der Waals surface area (Å²) in [6, 6.07) is 14.8. The number of anilines is 1. The second kappa shape index (κ2) is 9.25. The zero-order chi connectivity index (χ0) is 19.9. The molecule has 0 unspecified atom stereocenters. The highest BCUT2D eigenvalue weighted by molar-refractivity contribution is 8.14. The highest BCUT2D eigenvalue weighted by Gasteiger charge is 2.12. The number of carbonyl (C=O) groups is 2. The number of amides is 1. The Bertz CT molecular complexity index is 979. The Balaban J connectivity index is 1.89. The van der Waals surface area contributed by atoms with Crippen molar-refractivity contribution >= 4 is 28.5 Å². The SMILES string of the molecule is NCc1ccc(C(=O)Nc2ccncc2)cc1-c1ccc(C(=O)SCF)cc1. The molecular weight excluding hydrogens is 377 g/mol. The first kappa shape index (κ1) is 19.7. The zero-order valence-corrected chi connectivity index (χ0v) is 15.7. The van der Waals surface area contributed by atoms with Gasteiger partial charge in [0.05, 0.1) is 0 Å². The summed E-state index contributed by atoms with van der Waals surface area (Å²) < 4.78 is 12.3. The Hall–Kier alpha value is -3.03. The van der Waals surface area contributed by atoms with E-state index in [0.29, 0.717) is 35.1 Å². The molecule has 0 saturated carbocycles. The van der Waals surface area contributed by atoms with Crippen molar-refractivity contribution in [2.24, 2.45) is 5.73 Å². The van der Waals surface area contributed by atoms with Gasteiger partial charge in [-0.05, 0) is 64.9 Å². The van der Waals surface area contributed by atoms with Crippen LogP contribution in [0.1, 0.15) is 26.3 Å². The van der Waals surface area contributed by atoms with Crippen molar-refractivity contribution in [2.75, 3.05) is 11.3 Å². The maximum absolute atomic E-state index is 12.6. The normalized spacial score (nSPS) is 10.5. The fourth-order valence-corrected chi connectivity index (χ4v) is 3.12. The lowest BCUT2D eigenvalue weighted by molar-refractivity contribution is 0.102. The molecular formula is C21H18FN3O2S. The first-order chi connectivity index (χ1) is 13.6. The molecule has 7 heteroatoms. The van der Waals surface area contributed by atoms with E-state index in [1.54, 1.807) is 60.9 Å². The van der Waals surface area contributed by atoms with Crippen molar-refractivity contribution in [3.8, 4) is 11.1 Å². The summed E-state index contributed by atoms with van der Waals surface area (Å²) in [7, 11) is 0. The first-order valence-electron chi connectivity index (χ1n) is 8.50. The van der Waals surface area contributed by atoms with Crippen LogP contribution < -0.4 is 11.1 Å².